The monoisotopic (exact) mass is 269 g/mol. The molecule has 0 spiro atoms. The summed E-state index contributed by atoms with van der Waals surface area (Å²) in [4.78, 5) is 22.5. The van der Waals surface area contributed by atoms with Crippen molar-refractivity contribution < 1.29 is 14.7 Å². The molecule has 1 aromatic carbocycles. The molecule has 2 atom stereocenters. The van der Waals surface area contributed by atoms with Crippen LogP contribution >= 0.6 is 11.6 Å². The molecule has 0 saturated heterocycles. The SMILES string of the molecule is CC(NC(=O)Cc1cccc(Cl)c1)C(C)C(=O)O. The summed E-state index contributed by atoms with van der Waals surface area (Å²) in [6.45, 7) is 3.24. The number of rotatable bonds is 5. The van der Waals surface area contributed by atoms with Gasteiger partial charge >= 0.3 is 5.97 Å². The van der Waals surface area contributed by atoms with Crippen molar-refractivity contribution in [2.45, 2.75) is 26.3 Å². The fraction of sp³-hybridized carbons (Fsp3) is 0.385. The first-order valence-electron chi connectivity index (χ1n) is 5.66. The second-order valence-electron chi connectivity index (χ2n) is 4.29. The van der Waals surface area contributed by atoms with E-state index >= 15 is 0 Å². The van der Waals surface area contributed by atoms with Gasteiger partial charge in [-0.1, -0.05) is 23.7 Å². The number of carboxylic acids is 1. The van der Waals surface area contributed by atoms with Gasteiger partial charge in [-0.3, -0.25) is 9.59 Å². The normalized spacial score (nSPS) is 13.7. The largest absolute Gasteiger partial charge is 0.481 e. The lowest BCUT2D eigenvalue weighted by atomic mass is 10.0. The van der Waals surface area contributed by atoms with Gasteiger partial charge in [-0.25, -0.2) is 0 Å². The van der Waals surface area contributed by atoms with Crippen LogP contribution in [0, 0.1) is 5.92 Å². The first kappa shape index (κ1) is 14.5. The highest BCUT2D eigenvalue weighted by molar-refractivity contribution is 6.30. The Morgan fingerprint density at radius 1 is 1.39 bits per heavy atom. The predicted octanol–water partition coefficient (Wildman–Crippen LogP) is 2.11. The van der Waals surface area contributed by atoms with Gasteiger partial charge in [-0.15, -0.1) is 0 Å². The van der Waals surface area contributed by atoms with E-state index in [4.69, 9.17) is 16.7 Å². The first-order valence-corrected chi connectivity index (χ1v) is 6.04. The average molecular weight is 270 g/mol. The van der Waals surface area contributed by atoms with Gasteiger partial charge in [0.25, 0.3) is 0 Å². The van der Waals surface area contributed by atoms with E-state index in [9.17, 15) is 9.59 Å². The van der Waals surface area contributed by atoms with E-state index in [0.29, 0.717) is 5.02 Å². The number of nitrogens with one attached hydrogen (secondary N) is 1. The van der Waals surface area contributed by atoms with Gasteiger partial charge in [0.15, 0.2) is 0 Å². The maximum Gasteiger partial charge on any atom is 0.308 e. The molecule has 98 valence electrons. The summed E-state index contributed by atoms with van der Waals surface area (Å²) >= 11 is 5.82. The minimum absolute atomic E-state index is 0.192. The molecule has 1 rings (SSSR count). The minimum Gasteiger partial charge on any atom is -0.481 e. The molecule has 4 nitrogen and oxygen atoms in total. The van der Waals surface area contributed by atoms with Crippen LogP contribution in [0.4, 0.5) is 0 Å². The van der Waals surface area contributed by atoms with Crippen LogP contribution in [-0.4, -0.2) is 23.0 Å². The zero-order valence-electron chi connectivity index (χ0n) is 10.3. The van der Waals surface area contributed by atoms with Gasteiger partial charge in [0.2, 0.25) is 5.91 Å². The van der Waals surface area contributed by atoms with Crippen molar-refractivity contribution >= 4 is 23.5 Å². The first-order chi connectivity index (χ1) is 8.40. The standard InChI is InChI=1S/C13H16ClNO3/c1-8(13(17)18)9(2)15-12(16)7-10-4-3-5-11(14)6-10/h3-6,8-9H,7H2,1-2H3,(H,15,16)(H,17,18). The molecule has 2 N–H and O–H groups in total. The average Bonchev–Trinajstić information content (AvgIpc) is 2.27. The van der Waals surface area contributed by atoms with Gasteiger partial charge in [0.1, 0.15) is 0 Å². The van der Waals surface area contributed by atoms with Crippen LogP contribution < -0.4 is 5.32 Å². The molecule has 0 bridgehead atoms. The highest BCUT2D eigenvalue weighted by Crippen LogP contribution is 2.11. The van der Waals surface area contributed by atoms with Gasteiger partial charge in [0.05, 0.1) is 12.3 Å². The lowest BCUT2D eigenvalue weighted by molar-refractivity contribution is -0.142. The Morgan fingerprint density at radius 3 is 2.61 bits per heavy atom. The number of hydrogen-bond acceptors (Lipinski definition) is 2. The third-order valence-electron chi connectivity index (χ3n) is 2.78. The van der Waals surface area contributed by atoms with Gasteiger partial charge in [-0.05, 0) is 31.5 Å². The number of aliphatic carboxylic acids is 1. The fourth-order valence-electron chi connectivity index (χ4n) is 1.48. The van der Waals surface area contributed by atoms with E-state index in [1.807, 2.05) is 0 Å². The molecule has 0 aliphatic carbocycles. The van der Waals surface area contributed by atoms with E-state index < -0.39 is 17.9 Å². The van der Waals surface area contributed by atoms with Crippen LogP contribution in [0.25, 0.3) is 0 Å². The lowest BCUT2D eigenvalue weighted by Crippen LogP contribution is -2.40. The number of carboxylic acid groups (broad SMARTS) is 1. The summed E-state index contributed by atoms with van der Waals surface area (Å²) in [6.07, 6.45) is 0.192. The van der Waals surface area contributed by atoms with Crippen LogP contribution in [0.5, 0.6) is 0 Å². The van der Waals surface area contributed by atoms with Crippen LogP contribution in [0.2, 0.25) is 5.02 Å². The Balaban J connectivity index is 2.54. The Labute approximate surface area is 111 Å². The highest BCUT2D eigenvalue weighted by Gasteiger charge is 2.20. The highest BCUT2D eigenvalue weighted by atomic mass is 35.5. The molecule has 5 heteroatoms. The third kappa shape index (κ3) is 4.37. The molecule has 0 heterocycles. The van der Waals surface area contributed by atoms with Crippen molar-refractivity contribution in [1.82, 2.24) is 5.32 Å². The molecule has 0 aliphatic rings. The van der Waals surface area contributed by atoms with E-state index in [1.165, 1.54) is 0 Å². The van der Waals surface area contributed by atoms with Crippen LogP contribution in [0.1, 0.15) is 19.4 Å². The van der Waals surface area contributed by atoms with Gasteiger partial charge in [-0.2, -0.15) is 0 Å². The van der Waals surface area contributed by atoms with Crippen LogP contribution in [0.15, 0.2) is 24.3 Å². The summed E-state index contributed by atoms with van der Waals surface area (Å²) in [5.41, 5.74) is 0.801. The van der Waals surface area contributed by atoms with Crippen LogP contribution in [0.3, 0.4) is 0 Å². The second-order valence-corrected chi connectivity index (χ2v) is 4.73. The molecule has 0 saturated carbocycles. The Bertz CT molecular complexity index is 448. The lowest BCUT2D eigenvalue weighted by Gasteiger charge is -2.17. The van der Waals surface area contributed by atoms with Gasteiger partial charge < -0.3 is 10.4 Å². The van der Waals surface area contributed by atoms with Crippen molar-refractivity contribution in [3.05, 3.63) is 34.9 Å². The van der Waals surface area contributed by atoms with Crippen LogP contribution in [-0.2, 0) is 16.0 Å². The predicted molar refractivity (Wildman–Crippen MR) is 69.6 cm³/mol. The minimum atomic E-state index is -0.925. The van der Waals surface area contributed by atoms with Gasteiger partial charge in [0, 0.05) is 11.1 Å². The number of carbonyl (C=O) groups is 2. The van der Waals surface area contributed by atoms with Crippen molar-refractivity contribution in [1.29, 1.82) is 0 Å². The van der Waals surface area contributed by atoms with Crippen molar-refractivity contribution in [3.8, 4) is 0 Å². The summed E-state index contributed by atoms with van der Waals surface area (Å²) in [5.74, 6) is -1.75. The van der Waals surface area contributed by atoms with E-state index in [-0.39, 0.29) is 12.3 Å². The number of hydrogen-bond donors (Lipinski definition) is 2. The summed E-state index contributed by atoms with van der Waals surface area (Å²) in [5, 5.41) is 12.1. The third-order valence-corrected chi connectivity index (χ3v) is 3.02. The zero-order chi connectivity index (χ0) is 13.7. The number of benzene rings is 1. The maximum atomic E-state index is 11.7. The number of carbonyl (C=O) groups excluding carboxylic acids is 1. The molecule has 2 unspecified atom stereocenters. The molecular formula is C13H16ClNO3. The summed E-state index contributed by atoms with van der Waals surface area (Å²) < 4.78 is 0. The summed E-state index contributed by atoms with van der Waals surface area (Å²) in [6, 6.07) is 6.62. The molecule has 0 aliphatic heterocycles. The maximum absolute atomic E-state index is 11.7. The summed E-state index contributed by atoms with van der Waals surface area (Å²) in [7, 11) is 0. The zero-order valence-corrected chi connectivity index (χ0v) is 11.1. The molecule has 0 radical (unpaired) electrons. The van der Waals surface area contributed by atoms with Crippen molar-refractivity contribution in [3.63, 3.8) is 0 Å². The van der Waals surface area contributed by atoms with Crippen molar-refractivity contribution in [2.75, 3.05) is 0 Å². The molecule has 18 heavy (non-hydrogen) atoms. The smallest absolute Gasteiger partial charge is 0.308 e. The quantitative estimate of drug-likeness (QED) is 0.860. The Morgan fingerprint density at radius 2 is 2.06 bits per heavy atom. The second kappa shape index (κ2) is 6.40. The fourth-order valence-corrected chi connectivity index (χ4v) is 1.69. The van der Waals surface area contributed by atoms with E-state index in [2.05, 4.69) is 5.32 Å². The van der Waals surface area contributed by atoms with E-state index in [1.54, 1.807) is 38.1 Å². The topological polar surface area (TPSA) is 66.4 Å². The molecular weight excluding hydrogens is 254 g/mol. The molecule has 1 amide bonds. The molecule has 0 fully saturated rings. The molecule has 0 aromatic heterocycles. The molecule has 1 aromatic rings. The Hall–Kier alpha value is -1.55. The number of amides is 1. The Kier molecular flexibility index (Phi) is 5.16. The van der Waals surface area contributed by atoms with Crippen molar-refractivity contribution in [2.24, 2.45) is 5.92 Å². The number of halogens is 1. The van der Waals surface area contributed by atoms with E-state index in [0.717, 1.165) is 5.56 Å².